The van der Waals surface area contributed by atoms with E-state index in [0.717, 1.165) is 17.3 Å². The van der Waals surface area contributed by atoms with Crippen molar-refractivity contribution in [1.82, 2.24) is 20.0 Å². The van der Waals surface area contributed by atoms with Gasteiger partial charge in [0.2, 0.25) is 0 Å². The molecule has 0 fully saturated rings. The maximum atomic E-state index is 4.54. The first kappa shape index (κ1) is 17.7. The third-order valence-electron chi connectivity index (χ3n) is 4.49. The van der Waals surface area contributed by atoms with E-state index < -0.39 is 0 Å². The fourth-order valence-electron chi connectivity index (χ4n) is 3.24. The number of halogens is 1. The number of rotatable bonds is 7. The molecule has 0 radical (unpaired) electrons. The van der Waals surface area contributed by atoms with Gasteiger partial charge < -0.3 is 10.2 Å². The Morgan fingerprint density at radius 1 is 1.35 bits per heavy atom. The van der Waals surface area contributed by atoms with E-state index >= 15 is 0 Å². The molecule has 1 heterocycles. The largest absolute Gasteiger partial charge is 0.310 e. The van der Waals surface area contributed by atoms with Crippen LogP contribution in [-0.2, 0) is 0 Å². The molecule has 1 rings (SSSR count). The fourth-order valence-corrected chi connectivity index (χ4v) is 3.74. The van der Waals surface area contributed by atoms with Gasteiger partial charge in [0, 0.05) is 11.6 Å². The van der Waals surface area contributed by atoms with Crippen LogP contribution in [0, 0.1) is 0 Å². The minimum absolute atomic E-state index is 0.0734. The van der Waals surface area contributed by atoms with Crippen molar-refractivity contribution in [3.8, 4) is 0 Å². The van der Waals surface area contributed by atoms with Crippen molar-refractivity contribution in [2.75, 3.05) is 21.1 Å². The molecule has 0 aliphatic rings. The Bertz CT molecular complexity index is 422. The Morgan fingerprint density at radius 2 is 1.90 bits per heavy atom. The number of hydrogen-bond donors (Lipinski definition) is 1. The Labute approximate surface area is 132 Å². The molecular weight excluding hydrogens is 316 g/mol. The van der Waals surface area contributed by atoms with E-state index in [-0.39, 0.29) is 11.6 Å². The van der Waals surface area contributed by atoms with E-state index in [0.29, 0.717) is 6.04 Å². The van der Waals surface area contributed by atoms with Crippen LogP contribution in [0.4, 0.5) is 0 Å². The normalized spacial score (nSPS) is 14.3. The summed E-state index contributed by atoms with van der Waals surface area (Å²) in [6.07, 6.45) is 4.07. The summed E-state index contributed by atoms with van der Waals surface area (Å²) >= 11 is 3.68. The average molecular weight is 345 g/mol. The number of nitrogens with one attached hydrogen (secondary N) is 1. The van der Waals surface area contributed by atoms with Crippen molar-refractivity contribution in [2.24, 2.45) is 0 Å². The molecule has 5 heteroatoms. The van der Waals surface area contributed by atoms with Crippen LogP contribution in [0.15, 0.2) is 10.7 Å². The molecule has 0 bridgehead atoms. The molecule has 0 amide bonds. The highest BCUT2D eigenvalue weighted by molar-refractivity contribution is 9.10. The van der Waals surface area contributed by atoms with E-state index in [9.17, 15) is 0 Å². The van der Waals surface area contributed by atoms with Crippen molar-refractivity contribution >= 4 is 15.9 Å². The first-order valence-electron chi connectivity index (χ1n) is 7.43. The number of aromatic nitrogens is 2. The zero-order chi connectivity index (χ0) is 15.5. The lowest BCUT2D eigenvalue weighted by atomic mass is 9.81. The van der Waals surface area contributed by atoms with Crippen LogP contribution in [0.25, 0.3) is 0 Å². The van der Waals surface area contributed by atoms with Crippen LogP contribution in [-0.4, -0.2) is 41.4 Å². The predicted octanol–water partition coefficient (Wildman–Crippen LogP) is 3.61. The lowest BCUT2D eigenvalue weighted by Crippen LogP contribution is -2.53. The zero-order valence-corrected chi connectivity index (χ0v) is 15.5. The van der Waals surface area contributed by atoms with E-state index in [1.807, 2.05) is 13.2 Å². The highest BCUT2D eigenvalue weighted by atomic mass is 79.9. The number of nitrogens with zero attached hydrogens (tertiary/aromatic N) is 3. The molecule has 1 aromatic heterocycles. The van der Waals surface area contributed by atoms with Crippen molar-refractivity contribution in [2.45, 2.75) is 58.2 Å². The average Bonchev–Trinajstić information content (AvgIpc) is 2.77. The smallest absolute Gasteiger partial charge is 0.0717 e. The highest BCUT2D eigenvalue weighted by Crippen LogP contribution is 2.39. The molecule has 20 heavy (non-hydrogen) atoms. The van der Waals surface area contributed by atoms with Gasteiger partial charge in [-0.05, 0) is 63.8 Å². The molecule has 1 N–H and O–H groups in total. The van der Waals surface area contributed by atoms with Gasteiger partial charge in [-0.15, -0.1) is 0 Å². The second kappa shape index (κ2) is 7.05. The van der Waals surface area contributed by atoms with Crippen LogP contribution >= 0.6 is 15.9 Å². The SMILES string of the molecule is CCC(CC)(C(NC)c1c(Br)cnn1C(C)C)N(C)C. The molecular formula is C15H29BrN4. The van der Waals surface area contributed by atoms with Crippen LogP contribution < -0.4 is 5.32 Å². The predicted molar refractivity (Wildman–Crippen MR) is 89.1 cm³/mol. The van der Waals surface area contributed by atoms with Gasteiger partial charge in [0.15, 0.2) is 0 Å². The first-order valence-corrected chi connectivity index (χ1v) is 8.22. The number of likely N-dealkylation sites (N-methyl/N-ethyl adjacent to an activating group) is 2. The highest BCUT2D eigenvalue weighted by Gasteiger charge is 2.40. The van der Waals surface area contributed by atoms with Gasteiger partial charge in [-0.1, -0.05) is 13.8 Å². The molecule has 0 aliphatic carbocycles. The number of hydrogen-bond acceptors (Lipinski definition) is 3. The first-order chi connectivity index (χ1) is 9.35. The van der Waals surface area contributed by atoms with Crippen molar-refractivity contribution in [1.29, 1.82) is 0 Å². The summed E-state index contributed by atoms with van der Waals surface area (Å²) in [5.41, 5.74) is 1.31. The summed E-state index contributed by atoms with van der Waals surface area (Å²) in [5.74, 6) is 0. The summed E-state index contributed by atoms with van der Waals surface area (Å²) in [4.78, 5) is 2.35. The van der Waals surface area contributed by atoms with Crippen molar-refractivity contribution in [3.63, 3.8) is 0 Å². The summed E-state index contributed by atoms with van der Waals surface area (Å²) in [5, 5.41) is 8.07. The monoisotopic (exact) mass is 344 g/mol. The maximum Gasteiger partial charge on any atom is 0.0717 e. The second-order valence-corrected chi connectivity index (χ2v) is 6.70. The Kier molecular flexibility index (Phi) is 6.23. The van der Waals surface area contributed by atoms with Crippen molar-refractivity contribution in [3.05, 3.63) is 16.4 Å². The minimum Gasteiger partial charge on any atom is -0.310 e. The van der Waals surface area contributed by atoms with E-state index in [1.165, 1.54) is 5.69 Å². The zero-order valence-electron chi connectivity index (χ0n) is 13.9. The van der Waals surface area contributed by atoms with Gasteiger partial charge in [0.25, 0.3) is 0 Å². The fraction of sp³-hybridized carbons (Fsp3) is 0.800. The van der Waals surface area contributed by atoms with Crippen LogP contribution in [0.5, 0.6) is 0 Å². The summed E-state index contributed by atoms with van der Waals surface area (Å²) in [7, 11) is 6.38. The molecule has 1 unspecified atom stereocenters. The lowest BCUT2D eigenvalue weighted by molar-refractivity contribution is 0.0867. The topological polar surface area (TPSA) is 33.1 Å². The van der Waals surface area contributed by atoms with Gasteiger partial charge in [-0.2, -0.15) is 5.10 Å². The Morgan fingerprint density at radius 3 is 2.25 bits per heavy atom. The third-order valence-corrected chi connectivity index (χ3v) is 5.10. The molecule has 0 aliphatic heterocycles. The van der Waals surface area contributed by atoms with E-state index in [1.54, 1.807) is 0 Å². The maximum absolute atomic E-state index is 4.54. The summed E-state index contributed by atoms with van der Waals surface area (Å²) in [6, 6.07) is 0.576. The molecule has 0 spiro atoms. The van der Waals surface area contributed by atoms with Gasteiger partial charge in [0.05, 0.1) is 22.4 Å². The summed E-state index contributed by atoms with van der Waals surface area (Å²) in [6.45, 7) is 8.87. The van der Waals surface area contributed by atoms with Crippen LogP contribution in [0.2, 0.25) is 0 Å². The van der Waals surface area contributed by atoms with E-state index in [4.69, 9.17) is 0 Å². The minimum atomic E-state index is 0.0734. The Hall–Kier alpha value is -0.390. The van der Waals surface area contributed by atoms with Gasteiger partial charge >= 0.3 is 0 Å². The van der Waals surface area contributed by atoms with Gasteiger partial charge in [-0.3, -0.25) is 4.68 Å². The molecule has 1 aromatic rings. The molecule has 0 aromatic carbocycles. The second-order valence-electron chi connectivity index (χ2n) is 5.84. The molecule has 0 saturated carbocycles. The summed E-state index contributed by atoms with van der Waals surface area (Å²) < 4.78 is 3.20. The van der Waals surface area contributed by atoms with Crippen LogP contribution in [0.3, 0.4) is 0 Å². The van der Waals surface area contributed by atoms with Crippen LogP contribution in [0.1, 0.15) is 58.3 Å². The standard InChI is InChI=1S/C15H29BrN4/c1-8-15(9-2,19(6)7)14(17-5)13-12(16)10-18-20(13)11(3)4/h10-11,14,17H,8-9H2,1-7H3. The molecule has 1 atom stereocenters. The van der Waals surface area contributed by atoms with Gasteiger partial charge in [0.1, 0.15) is 0 Å². The molecule has 4 nitrogen and oxygen atoms in total. The van der Waals surface area contributed by atoms with E-state index in [2.05, 4.69) is 77.7 Å². The molecule has 116 valence electrons. The Balaban J connectivity index is 3.42. The third kappa shape index (κ3) is 2.95. The van der Waals surface area contributed by atoms with Gasteiger partial charge in [-0.25, -0.2) is 0 Å². The quantitative estimate of drug-likeness (QED) is 0.820. The lowest BCUT2D eigenvalue weighted by Gasteiger charge is -2.45. The molecule has 0 saturated heterocycles. The van der Waals surface area contributed by atoms with Crippen molar-refractivity contribution < 1.29 is 0 Å².